The molecule has 4 heteroatoms. The van der Waals surface area contributed by atoms with E-state index in [-0.39, 0.29) is 5.97 Å². The number of fused-ring (bicyclic) bond motifs is 1. The maximum atomic E-state index is 13.5. The number of benzene rings is 2. The third-order valence-corrected chi connectivity index (χ3v) is 5.61. The molecule has 0 N–H and O–H groups in total. The van der Waals surface area contributed by atoms with Crippen molar-refractivity contribution in [2.75, 3.05) is 19.8 Å². The van der Waals surface area contributed by atoms with Crippen LogP contribution in [0.15, 0.2) is 54.6 Å². The molecule has 0 radical (unpaired) electrons. The zero-order valence-corrected chi connectivity index (χ0v) is 17.4. The van der Waals surface area contributed by atoms with E-state index in [1.165, 1.54) is 0 Å². The quantitative estimate of drug-likeness (QED) is 0.666. The summed E-state index contributed by atoms with van der Waals surface area (Å²) in [5, 5.41) is 0. The van der Waals surface area contributed by atoms with E-state index in [9.17, 15) is 4.79 Å². The lowest BCUT2D eigenvalue weighted by molar-refractivity contribution is -0.150. The van der Waals surface area contributed by atoms with Gasteiger partial charge in [-0.25, -0.2) is 0 Å². The SMILES string of the molecule is CC(C)N(CCOC(=O)C1(c2ccccc2)CCOc2ccccc21)C(C)C. The normalized spacial score (nSPS) is 18.8. The zero-order chi connectivity index (χ0) is 20.1. The average molecular weight is 382 g/mol. The fourth-order valence-electron chi connectivity index (χ4n) is 4.23. The first-order chi connectivity index (χ1) is 13.5. The number of esters is 1. The second kappa shape index (κ2) is 8.78. The molecule has 1 atom stereocenters. The van der Waals surface area contributed by atoms with Crippen molar-refractivity contribution in [2.45, 2.75) is 51.6 Å². The van der Waals surface area contributed by atoms with Crippen LogP contribution in [0.25, 0.3) is 0 Å². The number of rotatable bonds is 7. The Morgan fingerprint density at radius 3 is 2.36 bits per heavy atom. The Balaban J connectivity index is 1.89. The van der Waals surface area contributed by atoms with E-state index in [4.69, 9.17) is 9.47 Å². The van der Waals surface area contributed by atoms with Gasteiger partial charge in [-0.1, -0.05) is 48.5 Å². The molecule has 1 heterocycles. The van der Waals surface area contributed by atoms with E-state index in [0.717, 1.165) is 23.4 Å². The molecule has 1 aliphatic heterocycles. The Labute approximate surface area is 168 Å². The smallest absolute Gasteiger partial charge is 0.321 e. The van der Waals surface area contributed by atoms with Gasteiger partial charge in [0.15, 0.2) is 0 Å². The lowest BCUT2D eigenvalue weighted by Crippen LogP contribution is -2.44. The van der Waals surface area contributed by atoms with Crippen LogP contribution in [0, 0.1) is 0 Å². The molecule has 2 aromatic carbocycles. The Morgan fingerprint density at radius 2 is 1.68 bits per heavy atom. The Kier molecular flexibility index (Phi) is 6.40. The molecule has 3 rings (SSSR count). The van der Waals surface area contributed by atoms with Gasteiger partial charge < -0.3 is 9.47 Å². The largest absolute Gasteiger partial charge is 0.493 e. The van der Waals surface area contributed by atoms with Crippen LogP contribution in [-0.2, 0) is 14.9 Å². The first kappa shape index (κ1) is 20.4. The van der Waals surface area contributed by atoms with Gasteiger partial charge in [0.1, 0.15) is 17.8 Å². The predicted octanol–water partition coefficient (Wildman–Crippen LogP) is 4.42. The lowest BCUT2D eigenvalue weighted by atomic mass is 9.71. The molecule has 0 bridgehead atoms. The maximum Gasteiger partial charge on any atom is 0.321 e. The fraction of sp³-hybridized carbons (Fsp3) is 0.458. The minimum Gasteiger partial charge on any atom is -0.493 e. The van der Waals surface area contributed by atoms with Gasteiger partial charge in [0, 0.05) is 30.6 Å². The van der Waals surface area contributed by atoms with Gasteiger partial charge in [-0.05, 0) is 39.3 Å². The number of para-hydroxylation sites is 1. The van der Waals surface area contributed by atoms with Crippen molar-refractivity contribution in [3.05, 3.63) is 65.7 Å². The molecular formula is C24H31NO3. The van der Waals surface area contributed by atoms with Crippen molar-refractivity contribution in [3.8, 4) is 5.75 Å². The van der Waals surface area contributed by atoms with E-state index in [1.54, 1.807) is 0 Å². The summed E-state index contributed by atoms with van der Waals surface area (Å²) in [7, 11) is 0. The molecule has 0 fully saturated rings. The van der Waals surface area contributed by atoms with Crippen molar-refractivity contribution < 1.29 is 14.3 Å². The fourth-order valence-corrected chi connectivity index (χ4v) is 4.23. The van der Waals surface area contributed by atoms with Gasteiger partial charge >= 0.3 is 5.97 Å². The summed E-state index contributed by atoms with van der Waals surface area (Å²) < 4.78 is 11.7. The molecule has 1 unspecified atom stereocenters. The molecule has 0 saturated heterocycles. The van der Waals surface area contributed by atoms with Crippen molar-refractivity contribution in [1.29, 1.82) is 0 Å². The minimum absolute atomic E-state index is 0.193. The summed E-state index contributed by atoms with van der Waals surface area (Å²) in [5.41, 5.74) is 1.03. The summed E-state index contributed by atoms with van der Waals surface area (Å²) in [4.78, 5) is 15.8. The minimum atomic E-state index is -0.823. The third kappa shape index (κ3) is 3.93. The molecule has 28 heavy (non-hydrogen) atoms. The molecule has 0 amide bonds. The molecule has 0 aliphatic carbocycles. The van der Waals surface area contributed by atoms with Crippen LogP contribution in [-0.4, -0.2) is 42.7 Å². The van der Waals surface area contributed by atoms with Crippen LogP contribution in [0.2, 0.25) is 0 Å². The van der Waals surface area contributed by atoms with Gasteiger partial charge in [-0.15, -0.1) is 0 Å². The molecular weight excluding hydrogens is 350 g/mol. The second-order valence-corrected chi connectivity index (χ2v) is 7.93. The topological polar surface area (TPSA) is 38.8 Å². The summed E-state index contributed by atoms with van der Waals surface area (Å²) in [5.74, 6) is 0.572. The average Bonchev–Trinajstić information content (AvgIpc) is 2.70. The Morgan fingerprint density at radius 1 is 1.04 bits per heavy atom. The Hall–Kier alpha value is -2.33. The van der Waals surface area contributed by atoms with Crippen LogP contribution in [0.4, 0.5) is 0 Å². The van der Waals surface area contributed by atoms with Crippen LogP contribution in [0.1, 0.15) is 45.2 Å². The molecule has 0 saturated carbocycles. The standard InChI is InChI=1S/C24H31NO3/c1-18(2)25(19(3)4)15-17-28-23(26)24(20-10-6-5-7-11-20)14-16-27-22-13-9-8-12-21(22)24/h5-13,18-19H,14-17H2,1-4H3. The molecule has 0 spiro atoms. The summed E-state index contributed by atoms with van der Waals surface area (Å²) in [6, 6.07) is 18.6. The predicted molar refractivity (Wildman–Crippen MR) is 112 cm³/mol. The summed E-state index contributed by atoms with van der Waals surface area (Å²) in [6.45, 7) is 10.3. The van der Waals surface area contributed by atoms with E-state index >= 15 is 0 Å². The maximum absolute atomic E-state index is 13.5. The highest BCUT2D eigenvalue weighted by molar-refractivity contribution is 5.89. The van der Waals surface area contributed by atoms with Crippen LogP contribution < -0.4 is 4.74 Å². The van der Waals surface area contributed by atoms with Crippen molar-refractivity contribution in [1.82, 2.24) is 4.90 Å². The van der Waals surface area contributed by atoms with Crippen LogP contribution >= 0.6 is 0 Å². The number of carbonyl (C=O) groups is 1. The Bertz CT molecular complexity index is 779. The van der Waals surface area contributed by atoms with E-state index < -0.39 is 5.41 Å². The lowest BCUT2D eigenvalue weighted by Gasteiger charge is -2.37. The van der Waals surface area contributed by atoms with Gasteiger partial charge in [0.25, 0.3) is 0 Å². The highest BCUT2D eigenvalue weighted by Crippen LogP contribution is 2.44. The van der Waals surface area contributed by atoms with E-state index in [1.807, 2.05) is 54.6 Å². The molecule has 1 aliphatic rings. The van der Waals surface area contributed by atoms with Crippen LogP contribution in [0.3, 0.4) is 0 Å². The number of nitrogens with zero attached hydrogens (tertiary/aromatic N) is 1. The van der Waals surface area contributed by atoms with E-state index in [2.05, 4.69) is 32.6 Å². The number of carbonyl (C=O) groups excluding carboxylic acids is 1. The van der Waals surface area contributed by atoms with Crippen LogP contribution in [0.5, 0.6) is 5.75 Å². The van der Waals surface area contributed by atoms with Crippen molar-refractivity contribution in [2.24, 2.45) is 0 Å². The molecule has 2 aromatic rings. The molecule has 150 valence electrons. The first-order valence-electron chi connectivity index (χ1n) is 10.2. The van der Waals surface area contributed by atoms with Gasteiger partial charge in [0.05, 0.1) is 6.61 Å². The van der Waals surface area contributed by atoms with Gasteiger partial charge in [0.2, 0.25) is 0 Å². The first-order valence-corrected chi connectivity index (χ1v) is 10.2. The second-order valence-electron chi connectivity index (χ2n) is 7.93. The monoisotopic (exact) mass is 381 g/mol. The highest BCUT2D eigenvalue weighted by Gasteiger charge is 2.47. The van der Waals surface area contributed by atoms with Gasteiger partial charge in [-0.3, -0.25) is 9.69 Å². The molecule has 4 nitrogen and oxygen atoms in total. The zero-order valence-electron chi connectivity index (χ0n) is 17.4. The summed E-state index contributed by atoms with van der Waals surface area (Å²) in [6.07, 6.45) is 0.574. The number of hydrogen-bond donors (Lipinski definition) is 0. The number of hydrogen-bond acceptors (Lipinski definition) is 4. The van der Waals surface area contributed by atoms with Crippen molar-refractivity contribution >= 4 is 5.97 Å². The summed E-state index contributed by atoms with van der Waals surface area (Å²) >= 11 is 0. The third-order valence-electron chi connectivity index (χ3n) is 5.61. The highest BCUT2D eigenvalue weighted by atomic mass is 16.5. The van der Waals surface area contributed by atoms with Crippen molar-refractivity contribution in [3.63, 3.8) is 0 Å². The molecule has 0 aromatic heterocycles. The number of ether oxygens (including phenoxy) is 2. The van der Waals surface area contributed by atoms with E-state index in [0.29, 0.717) is 31.7 Å². The van der Waals surface area contributed by atoms with Gasteiger partial charge in [-0.2, -0.15) is 0 Å².